The van der Waals surface area contributed by atoms with E-state index >= 15 is 0 Å². The van der Waals surface area contributed by atoms with E-state index in [-0.39, 0.29) is 34.5 Å². The molecule has 0 amide bonds. The van der Waals surface area contributed by atoms with Crippen LogP contribution in [0.1, 0.15) is 99.3 Å². The molecule has 0 saturated heterocycles. The summed E-state index contributed by atoms with van der Waals surface area (Å²) in [7, 11) is 0. The van der Waals surface area contributed by atoms with E-state index in [0.717, 1.165) is 31.3 Å². The first kappa shape index (κ1) is 27.7. The molecule has 1 fully saturated rings. The van der Waals surface area contributed by atoms with Crippen LogP contribution in [-0.4, -0.2) is 33.4 Å². The maximum atomic E-state index is 12.5. The molecule has 0 heterocycles. The molecule has 3 aliphatic rings. The fourth-order valence-electron chi connectivity index (χ4n) is 8.43. The highest BCUT2D eigenvalue weighted by Crippen LogP contribution is 2.71. The van der Waals surface area contributed by atoms with E-state index < -0.39 is 24.0 Å². The van der Waals surface area contributed by atoms with Gasteiger partial charge in [0.15, 0.2) is 0 Å². The van der Waals surface area contributed by atoms with Gasteiger partial charge in [-0.2, -0.15) is 0 Å². The lowest BCUT2D eigenvalue weighted by molar-refractivity contribution is -0.148. The Hall–Kier alpha value is -1.88. The number of fused-ring (bicyclic) bond motifs is 2. The lowest BCUT2D eigenvalue weighted by Crippen LogP contribution is -2.49. The van der Waals surface area contributed by atoms with Crippen LogP contribution >= 0.6 is 0 Å². The quantitative estimate of drug-likeness (QED) is 0.312. The first-order chi connectivity index (χ1) is 16.2. The number of carboxylic acid groups (broad SMARTS) is 2. The number of carbonyl (C=O) groups is 2. The maximum Gasteiger partial charge on any atom is 0.306 e. The van der Waals surface area contributed by atoms with Crippen LogP contribution in [0, 0.1) is 34.0 Å². The summed E-state index contributed by atoms with van der Waals surface area (Å²) in [5.74, 6) is -2.22. The molecule has 5 heteroatoms. The molecule has 0 spiro atoms. The molecule has 0 bridgehead atoms. The van der Waals surface area contributed by atoms with Crippen molar-refractivity contribution in [1.82, 2.24) is 0 Å². The van der Waals surface area contributed by atoms with Crippen LogP contribution in [0.25, 0.3) is 0 Å². The van der Waals surface area contributed by atoms with Crippen molar-refractivity contribution in [2.75, 3.05) is 0 Å². The van der Waals surface area contributed by atoms with Crippen LogP contribution in [0.2, 0.25) is 0 Å². The van der Waals surface area contributed by atoms with E-state index in [2.05, 4.69) is 40.3 Å². The first-order valence-electron chi connectivity index (χ1n) is 13.3. The molecule has 0 aliphatic heterocycles. The normalized spacial score (nSPS) is 37.3. The largest absolute Gasteiger partial charge is 0.481 e. The molecule has 0 radical (unpaired) electrons. The van der Waals surface area contributed by atoms with Gasteiger partial charge in [-0.25, -0.2) is 0 Å². The third-order valence-corrected chi connectivity index (χ3v) is 10.3. The lowest BCUT2D eigenvalue weighted by atomic mass is 9.47. The van der Waals surface area contributed by atoms with Crippen molar-refractivity contribution in [2.45, 2.75) is 105 Å². The average Bonchev–Trinajstić information content (AvgIpc) is 2.95. The van der Waals surface area contributed by atoms with Crippen LogP contribution < -0.4 is 0 Å². The minimum absolute atomic E-state index is 0.127. The second-order valence-corrected chi connectivity index (χ2v) is 12.6. The molecular formula is C30H46O5. The Balaban J connectivity index is 2.06. The smallest absolute Gasteiger partial charge is 0.306 e. The Bertz CT molecular complexity index is 940. The average molecular weight is 487 g/mol. The van der Waals surface area contributed by atoms with Gasteiger partial charge in [0, 0.05) is 12.3 Å². The van der Waals surface area contributed by atoms with Crippen molar-refractivity contribution in [1.29, 1.82) is 0 Å². The molecule has 0 aromatic carbocycles. The van der Waals surface area contributed by atoms with Crippen LogP contribution in [0.5, 0.6) is 0 Å². The van der Waals surface area contributed by atoms with Gasteiger partial charge in [-0.15, -0.1) is 0 Å². The van der Waals surface area contributed by atoms with Crippen LogP contribution in [0.15, 0.2) is 34.9 Å². The molecule has 3 rings (SSSR count). The van der Waals surface area contributed by atoms with E-state index in [1.165, 1.54) is 16.7 Å². The summed E-state index contributed by atoms with van der Waals surface area (Å²) in [5.41, 5.74) is 4.15. The second kappa shape index (κ2) is 9.88. The number of rotatable bonds is 9. The topological polar surface area (TPSA) is 94.8 Å². The number of hydrogen-bond donors (Lipinski definition) is 3. The number of aliphatic hydroxyl groups is 1. The predicted octanol–water partition coefficient (Wildman–Crippen LogP) is 6.77. The minimum atomic E-state index is -0.807. The summed E-state index contributed by atoms with van der Waals surface area (Å²) >= 11 is 0. The summed E-state index contributed by atoms with van der Waals surface area (Å²) in [5, 5.41) is 31.1. The zero-order valence-electron chi connectivity index (χ0n) is 22.6. The van der Waals surface area contributed by atoms with E-state index in [1.54, 1.807) is 0 Å². The van der Waals surface area contributed by atoms with E-state index in [9.17, 15) is 24.9 Å². The number of allylic oxidation sites excluding steroid dienone is 5. The van der Waals surface area contributed by atoms with Crippen LogP contribution in [-0.2, 0) is 9.59 Å². The molecular weight excluding hydrogens is 440 g/mol. The van der Waals surface area contributed by atoms with Gasteiger partial charge in [-0.3, -0.25) is 9.59 Å². The predicted molar refractivity (Wildman–Crippen MR) is 139 cm³/mol. The Morgan fingerprint density at radius 3 is 2.31 bits per heavy atom. The summed E-state index contributed by atoms with van der Waals surface area (Å²) in [4.78, 5) is 24.0. The van der Waals surface area contributed by atoms with Crippen molar-refractivity contribution < 1.29 is 24.9 Å². The van der Waals surface area contributed by atoms with Gasteiger partial charge in [0.25, 0.3) is 0 Å². The van der Waals surface area contributed by atoms with Gasteiger partial charge in [0.1, 0.15) is 0 Å². The molecule has 0 aromatic rings. The molecule has 1 saturated carbocycles. The van der Waals surface area contributed by atoms with Crippen molar-refractivity contribution in [3.8, 4) is 0 Å². The zero-order chi connectivity index (χ0) is 26.3. The molecule has 35 heavy (non-hydrogen) atoms. The standard InChI is InChI=1S/C30H46O5/c1-18(2)9-8-10-20(27(34)35)26-24(31)17-30(7)23-12-11-21(19(3)4)28(5,15-14-25(32)33)22(23)13-16-29(26,30)6/h9,20-21,24,26,31H,3,8,10-17H2,1-2,4-7H3,(H,32,33)(H,34,35)/t20-,21?,24-,26+,28+,29-,30+/m1/s1. The second-order valence-electron chi connectivity index (χ2n) is 12.6. The molecule has 7 atom stereocenters. The van der Waals surface area contributed by atoms with Gasteiger partial charge < -0.3 is 15.3 Å². The van der Waals surface area contributed by atoms with Gasteiger partial charge in [0.2, 0.25) is 0 Å². The number of aliphatic hydroxyl groups excluding tert-OH is 1. The Kier molecular flexibility index (Phi) is 7.82. The van der Waals surface area contributed by atoms with Crippen molar-refractivity contribution in [3.63, 3.8) is 0 Å². The molecule has 3 aliphatic carbocycles. The van der Waals surface area contributed by atoms with Crippen LogP contribution in [0.3, 0.4) is 0 Å². The fourth-order valence-corrected chi connectivity index (χ4v) is 8.43. The van der Waals surface area contributed by atoms with Gasteiger partial charge in [0.05, 0.1) is 12.0 Å². The Morgan fingerprint density at radius 1 is 1.11 bits per heavy atom. The van der Waals surface area contributed by atoms with Crippen molar-refractivity contribution in [3.05, 3.63) is 34.9 Å². The molecule has 0 aromatic heterocycles. The number of carboxylic acids is 2. The third-order valence-electron chi connectivity index (χ3n) is 10.3. The highest BCUT2D eigenvalue weighted by Gasteiger charge is 2.65. The summed E-state index contributed by atoms with van der Waals surface area (Å²) in [6.07, 6.45) is 7.46. The van der Waals surface area contributed by atoms with Crippen LogP contribution in [0.4, 0.5) is 0 Å². The number of aliphatic carboxylic acids is 2. The molecule has 196 valence electrons. The van der Waals surface area contributed by atoms with Gasteiger partial charge in [-0.1, -0.05) is 55.7 Å². The summed E-state index contributed by atoms with van der Waals surface area (Å²) in [6, 6.07) is 0. The van der Waals surface area contributed by atoms with E-state index in [4.69, 9.17) is 0 Å². The van der Waals surface area contributed by atoms with Crippen molar-refractivity contribution >= 4 is 11.9 Å². The molecule has 1 unspecified atom stereocenters. The summed E-state index contributed by atoms with van der Waals surface area (Å²) < 4.78 is 0. The lowest BCUT2D eigenvalue weighted by Gasteiger charge is -2.57. The van der Waals surface area contributed by atoms with E-state index in [1.807, 2.05) is 13.8 Å². The van der Waals surface area contributed by atoms with Crippen molar-refractivity contribution in [2.24, 2.45) is 34.0 Å². The zero-order valence-corrected chi connectivity index (χ0v) is 22.6. The third kappa shape index (κ3) is 4.65. The summed E-state index contributed by atoms with van der Waals surface area (Å²) in [6.45, 7) is 17.1. The Morgan fingerprint density at radius 2 is 1.77 bits per heavy atom. The highest BCUT2D eigenvalue weighted by atomic mass is 16.4. The number of hydrogen-bond acceptors (Lipinski definition) is 3. The Labute approximate surface area is 211 Å². The van der Waals surface area contributed by atoms with Gasteiger partial charge >= 0.3 is 11.9 Å². The SMILES string of the molecule is C=C(C)C1CCC2=C(CC[C@]3(C)[C@@H]([C@@H](CCC=C(C)C)C(=O)O)[C@H](O)C[C@@]23C)[C@@]1(C)CCC(=O)O. The molecule has 3 N–H and O–H groups in total. The monoisotopic (exact) mass is 486 g/mol. The minimum Gasteiger partial charge on any atom is -0.481 e. The molecule has 5 nitrogen and oxygen atoms in total. The van der Waals surface area contributed by atoms with Gasteiger partial charge in [-0.05, 0) is 94.3 Å². The first-order valence-corrected chi connectivity index (χ1v) is 13.3. The van der Waals surface area contributed by atoms with E-state index in [0.29, 0.717) is 25.7 Å². The maximum absolute atomic E-state index is 12.5. The fraction of sp³-hybridized carbons (Fsp3) is 0.733. The highest BCUT2D eigenvalue weighted by molar-refractivity contribution is 5.71.